The first-order valence-electron chi connectivity index (χ1n) is 10.1. The van der Waals surface area contributed by atoms with E-state index in [-0.39, 0.29) is 24.8 Å². The molecule has 1 aromatic heterocycles. The van der Waals surface area contributed by atoms with Gasteiger partial charge in [-0.2, -0.15) is 0 Å². The second-order valence-corrected chi connectivity index (χ2v) is 7.13. The predicted octanol–water partition coefficient (Wildman–Crippen LogP) is 3.23. The Labute approximate surface area is 174 Å². The van der Waals surface area contributed by atoms with Crippen molar-refractivity contribution in [1.29, 1.82) is 0 Å². The van der Waals surface area contributed by atoms with Crippen molar-refractivity contribution in [3.63, 3.8) is 0 Å². The lowest BCUT2D eigenvalue weighted by molar-refractivity contribution is -0.155. The molecule has 3 rings (SSSR count). The number of amides is 1. The van der Waals surface area contributed by atoms with Gasteiger partial charge in [0.25, 0.3) is 5.91 Å². The third-order valence-electron chi connectivity index (χ3n) is 5.08. The summed E-state index contributed by atoms with van der Waals surface area (Å²) in [5, 5.41) is 2.85. The van der Waals surface area contributed by atoms with Gasteiger partial charge in [-0.3, -0.25) is 14.2 Å². The van der Waals surface area contributed by atoms with Crippen LogP contribution in [-0.2, 0) is 20.9 Å². The van der Waals surface area contributed by atoms with Crippen molar-refractivity contribution >= 4 is 23.0 Å². The van der Waals surface area contributed by atoms with Crippen molar-refractivity contribution in [2.75, 3.05) is 6.54 Å². The molecule has 30 heavy (non-hydrogen) atoms. The van der Waals surface area contributed by atoms with Crippen LogP contribution in [0.2, 0.25) is 0 Å². The number of nitrogens with one attached hydrogen (secondary N) is 1. The van der Waals surface area contributed by atoms with Crippen molar-refractivity contribution < 1.29 is 18.7 Å². The standard InChI is InChI=1S/C23H26N2O5/c1-3-17(18-9-5-4-6-10-18)15-24-22(27)16(2)29-21(26)13-14-25-19-11-7-8-12-20(19)30-23(25)28/h4-12,16-17H,3,13-15H2,1-2H3,(H,24,27)/t16-,17-/m1/s1. The Morgan fingerprint density at radius 3 is 2.53 bits per heavy atom. The molecule has 0 saturated heterocycles. The molecule has 0 saturated carbocycles. The number of fused-ring (bicyclic) bond motifs is 1. The van der Waals surface area contributed by atoms with E-state index in [4.69, 9.17) is 9.15 Å². The average molecular weight is 410 g/mol. The highest BCUT2D eigenvalue weighted by Crippen LogP contribution is 2.18. The van der Waals surface area contributed by atoms with Gasteiger partial charge in [0.2, 0.25) is 0 Å². The molecule has 158 valence electrons. The topological polar surface area (TPSA) is 90.5 Å². The number of carbonyl (C=O) groups excluding carboxylic acids is 2. The second kappa shape index (κ2) is 9.91. The Morgan fingerprint density at radius 1 is 1.10 bits per heavy atom. The van der Waals surface area contributed by atoms with Crippen LogP contribution >= 0.6 is 0 Å². The maximum Gasteiger partial charge on any atom is 0.419 e. The van der Waals surface area contributed by atoms with E-state index >= 15 is 0 Å². The summed E-state index contributed by atoms with van der Waals surface area (Å²) in [4.78, 5) is 36.5. The van der Waals surface area contributed by atoms with Crippen LogP contribution in [0.15, 0.2) is 63.8 Å². The summed E-state index contributed by atoms with van der Waals surface area (Å²) in [5.41, 5.74) is 2.24. The number of rotatable bonds is 9. The number of aryl methyl sites for hydroxylation is 1. The molecular weight excluding hydrogens is 384 g/mol. The van der Waals surface area contributed by atoms with Crippen LogP contribution in [0.1, 0.15) is 38.2 Å². The predicted molar refractivity (Wildman–Crippen MR) is 113 cm³/mol. The van der Waals surface area contributed by atoms with E-state index < -0.39 is 17.8 Å². The maximum atomic E-state index is 12.3. The molecule has 1 amide bonds. The summed E-state index contributed by atoms with van der Waals surface area (Å²) in [6.45, 7) is 4.19. The van der Waals surface area contributed by atoms with Crippen molar-refractivity contribution in [2.45, 2.75) is 45.3 Å². The van der Waals surface area contributed by atoms with Gasteiger partial charge in [0, 0.05) is 19.0 Å². The molecule has 7 heteroatoms. The molecule has 3 aromatic rings. The number of nitrogens with zero attached hydrogens (tertiary/aromatic N) is 1. The highest BCUT2D eigenvalue weighted by molar-refractivity contribution is 5.83. The Kier molecular flexibility index (Phi) is 7.06. The van der Waals surface area contributed by atoms with Crippen molar-refractivity contribution in [3.05, 3.63) is 70.7 Å². The third kappa shape index (κ3) is 5.17. The van der Waals surface area contributed by atoms with Crippen LogP contribution in [0.5, 0.6) is 0 Å². The Morgan fingerprint density at radius 2 is 1.80 bits per heavy atom. The number of hydrogen-bond acceptors (Lipinski definition) is 5. The van der Waals surface area contributed by atoms with Gasteiger partial charge in [-0.25, -0.2) is 4.79 Å². The van der Waals surface area contributed by atoms with E-state index in [0.717, 1.165) is 12.0 Å². The number of para-hydroxylation sites is 2. The minimum absolute atomic E-state index is 0.0390. The van der Waals surface area contributed by atoms with Crippen molar-refractivity contribution in [2.24, 2.45) is 0 Å². The van der Waals surface area contributed by atoms with Gasteiger partial charge in [0.15, 0.2) is 11.7 Å². The van der Waals surface area contributed by atoms with E-state index in [2.05, 4.69) is 12.2 Å². The number of oxazole rings is 1. The van der Waals surface area contributed by atoms with Crippen LogP contribution in [0.3, 0.4) is 0 Å². The maximum absolute atomic E-state index is 12.3. The molecule has 0 fully saturated rings. The quantitative estimate of drug-likeness (QED) is 0.547. The van der Waals surface area contributed by atoms with Crippen LogP contribution in [0, 0.1) is 0 Å². The fourth-order valence-corrected chi connectivity index (χ4v) is 3.33. The Balaban J connectivity index is 1.49. The van der Waals surface area contributed by atoms with Gasteiger partial charge in [-0.1, -0.05) is 49.4 Å². The number of aromatic nitrogens is 1. The molecule has 1 N–H and O–H groups in total. The largest absolute Gasteiger partial charge is 0.452 e. The van der Waals surface area contributed by atoms with Crippen molar-refractivity contribution in [1.82, 2.24) is 9.88 Å². The van der Waals surface area contributed by atoms with Gasteiger partial charge < -0.3 is 14.5 Å². The summed E-state index contributed by atoms with van der Waals surface area (Å²) in [7, 11) is 0. The minimum Gasteiger partial charge on any atom is -0.452 e. The van der Waals surface area contributed by atoms with Gasteiger partial charge in [0.1, 0.15) is 0 Å². The van der Waals surface area contributed by atoms with Gasteiger partial charge in [-0.05, 0) is 31.0 Å². The number of hydrogen-bond donors (Lipinski definition) is 1. The lowest BCUT2D eigenvalue weighted by Gasteiger charge is -2.18. The zero-order valence-electron chi connectivity index (χ0n) is 17.2. The molecule has 0 aliphatic rings. The molecule has 0 unspecified atom stereocenters. The third-order valence-corrected chi connectivity index (χ3v) is 5.08. The molecule has 1 heterocycles. The molecule has 0 aliphatic carbocycles. The van der Waals surface area contributed by atoms with Crippen LogP contribution in [0.25, 0.3) is 11.1 Å². The normalized spacial score (nSPS) is 13.0. The van der Waals surface area contributed by atoms with Gasteiger partial charge in [0.05, 0.1) is 11.9 Å². The van der Waals surface area contributed by atoms with E-state index in [1.54, 1.807) is 24.3 Å². The first kappa shape index (κ1) is 21.4. The van der Waals surface area contributed by atoms with E-state index in [0.29, 0.717) is 17.6 Å². The number of benzene rings is 2. The van der Waals surface area contributed by atoms with Crippen LogP contribution in [-0.4, -0.2) is 29.1 Å². The fraction of sp³-hybridized carbons (Fsp3) is 0.348. The molecule has 0 bridgehead atoms. The van der Waals surface area contributed by atoms with E-state index in [1.165, 1.54) is 11.5 Å². The Bertz CT molecular complexity index is 1050. The zero-order valence-corrected chi connectivity index (χ0v) is 17.2. The summed E-state index contributed by atoms with van der Waals surface area (Å²) in [6.07, 6.45) is -0.0715. The molecule has 7 nitrogen and oxygen atoms in total. The van der Waals surface area contributed by atoms with Crippen LogP contribution < -0.4 is 11.1 Å². The van der Waals surface area contributed by atoms with E-state index in [1.807, 2.05) is 30.3 Å². The average Bonchev–Trinajstić information content (AvgIpc) is 3.08. The number of ether oxygens (including phenoxy) is 1. The van der Waals surface area contributed by atoms with Crippen LogP contribution in [0.4, 0.5) is 0 Å². The molecule has 2 atom stereocenters. The SMILES string of the molecule is CC[C@H](CNC(=O)[C@@H](C)OC(=O)CCn1c(=O)oc2ccccc21)c1ccccc1. The summed E-state index contributed by atoms with van der Waals surface area (Å²) < 4.78 is 11.8. The van der Waals surface area contributed by atoms with Gasteiger partial charge in [-0.15, -0.1) is 0 Å². The smallest absolute Gasteiger partial charge is 0.419 e. The lowest BCUT2D eigenvalue weighted by Crippen LogP contribution is -2.38. The zero-order chi connectivity index (χ0) is 21.5. The molecular formula is C23H26N2O5. The molecule has 0 radical (unpaired) electrons. The molecule has 0 aliphatic heterocycles. The van der Waals surface area contributed by atoms with Gasteiger partial charge >= 0.3 is 11.7 Å². The highest BCUT2D eigenvalue weighted by atomic mass is 16.5. The summed E-state index contributed by atoms with van der Waals surface area (Å²) in [6, 6.07) is 17.0. The molecule has 0 spiro atoms. The summed E-state index contributed by atoms with van der Waals surface area (Å²) >= 11 is 0. The summed E-state index contributed by atoms with van der Waals surface area (Å²) in [5.74, 6) is -1.23. The lowest BCUT2D eigenvalue weighted by atomic mass is 9.96. The number of esters is 1. The van der Waals surface area contributed by atoms with E-state index in [9.17, 15) is 14.4 Å². The number of carbonyl (C=O) groups is 2. The minimum atomic E-state index is -0.913. The Hall–Kier alpha value is -3.35. The molecule has 2 aromatic carbocycles. The monoisotopic (exact) mass is 410 g/mol. The fourth-order valence-electron chi connectivity index (χ4n) is 3.33. The van der Waals surface area contributed by atoms with Crippen molar-refractivity contribution in [3.8, 4) is 0 Å². The first-order valence-corrected chi connectivity index (χ1v) is 10.1. The first-order chi connectivity index (χ1) is 14.5. The second-order valence-electron chi connectivity index (χ2n) is 7.13. The highest BCUT2D eigenvalue weighted by Gasteiger charge is 2.20.